The first-order valence-corrected chi connectivity index (χ1v) is 9.35. The summed E-state index contributed by atoms with van der Waals surface area (Å²) in [4.78, 5) is 26.9. The highest BCUT2D eigenvalue weighted by molar-refractivity contribution is 9.10. The Morgan fingerprint density at radius 1 is 1.18 bits per heavy atom. The van der Waals surface area contributed by atoms with E-state index in [0.29, 0.717) is 48.1 Å². The van der Waals surface area contributed by atoms with Gasteiger partial charge >= 0.3 is 0 Å². The van der Waals surface area contributed by atoms with E-state index in [9.17, 15) is 9.18 Å². The minimum absolute atomic E-state index is 0.190. The molecule has 1 aliphatic rings. The summed E-state index contributed by atoms with van der Waals surface area (Å²) in [6.07, 6.45) is 6.43. The number of pyridine rings is 1. The average Bonchev–Trinajstić information content (AvgIpc) is 3.31. The number of amides is 1. The fourth-order valence-corrected chi connectivity index (χ4v) is 3.64. The number of imidazole rings is 1. The lowest BCUT2D eigenvalue weighted by molar-refractivity contribution is 0.0701. The van der Waals surface area contributed by atoms with E-state index in [1.54, 1.807) is 46.2 Å². The van der Waals surface area contributed by atoms with Crippen molar-refractivity contribution in [2.24, 2.45) is 0 Å². The Labute approximate surface area is 166 Å². The Hall–Kier alpha value is -3.14. The van der Waals surface area contributed by atoms with Crippen LogP contribution < -0.4 is 0 Å². The number of fused-ring (bicyclic) bond motifs is 2. The highest BCUT2D eigenvalue weighted by Crippen LogP contribution is 2.26. The van der Waals surface area contributed by atoms with E-state index < -0.39 is 5.95 Å². The molecule has 0 saturated heterocycles. The number of halogens is 2. The second kappa shape index (κ2) is 6.48. The van der Waals surface area contributed by atoms with Gasteiger partial charge in [-0.1, -0.05) is 0 Å². The first kappa shape index (κ1) is 17.0. The van der Waals surface area contributed by atoms with Crippen molar-refractivity contribution in [2.75, 3.05) is 6.54 Å². The standard InChI is InChI=1S/C18H13BrFN7O/c19-11-7-22-15-6-13(24-27(15)9-11)18(28)25-4-5-26-14(8-23-16(26)10-25)12-2-1-3-21-17(12)20/h1-3,6-9H,4-5,10H2. The summed E-state index contributed by atoms with van der Waals surface area (Å²) in [6, 6.07) is 5.02. The molecule has 0 spiro atoms. The third-order valence-corrected chi connectivity index (χ3v) is 5.10. The molecule has 8 nitrogen and oxygen atoms in total. The molecule has 10 heteroatoms. The van der Waals surface area contributed by atoms with Gasteiger partial charge in [0, 0.05) is 37.7 Å². The second-order valence-electron chi connectivity index (χ2n) is 6.38. The van der Waals surface area contributed by atoms with E-state index in [0.717, 1.165) is 4.47 Å². The molecule has 0 aromatic carbocycles. The number of carbonyl (C=O) groups excluding carboxylic acids is 1. The molecule has 140 valence electrons. The largest absolute Gasteiger partial charge is 0.328 e. The zero-order valence-corrected chi connectivity index (χ0v) is 16.0. The van der Waals surface area contributed by atoms with Crippen LogP contribution in [0, 0.1) is 5.95 Å². The Balaban J connectivity index is 1.43. The topological polar surface area (TPSA) is 81.2 Å². The van der Waals surface area contributed by atoms with Crippen molar-refractivity contribution in [1.82, 2.24) is 34.0 Å². The van der Waals surface area contributed by atoms with Gasteiger partial charge in [0.1, 0.15) is 5.82 Å². The highest BCUT2D eigenvalue weighted by atomic mass is 79.9. The first-order chi connectivity index (χ1) is 13.6. The van der Waals surface area contributed by atoms with E-state index in [-0.39, 0.29) is 5.91 Å². The van der Waals surface area contributed by atoms with Gasteiger partial charge in [0.05, 0.1) is 28.5 Å². The number of aromatic nitrogens is 6. The summed E-state index contributed by atoms with van der Waals surface area (Å²) >= 11 is 3.34. The van der Waals surface area contributed by atoms with Gasteiger partial charge in [0.2, 0.25) is 5.95 Å². The lowest BCUT2D eigenvalue weighted by Crippen LogP contribution is -2.38. The van der Waals surface area contributed by atoms with Gasteiger partial charge in [0.25, 0.3) is 5.91 Å². The van der Waals surface area contributed by atoms with Crippen LogP contribution in [0.1, 0.15) is 16.3 Å². The third-order valence-electron chi connectivity index (χ3n) is 4.69. The quantitative estimate of drug-likeness (QED) is 0.446. The number of hydrogen-bond acceptors (Lipinski definition) is 5. The molecule has 4 aromatic heterocycles. The van der Waals surface area contributed by atoms with Crippen molar-refractivity contribution >= 4 is 27.5 Å². The number of nitrogens with zero attached hydrogens (tertiary/aromatic N) is 7. The minimum Gasteiger partial charge on any atom is -0.328 e. The maximum Gasteiger partial charge on any atom is 0.274 e. The molecule has 0 unspecified atom stereocenters. The van der Waals surface area contributed by atoms with E-state index in [2.05, 4.69) is 36.0 Å². The molecular weight excluding hydrogens is 429 g/mol. The van der Waals surface area contributed by atoms with E-state index in [1.165, 1.54) is 6.20 Å². The van der Waals surface area contributed by atoms with Gasteiger partial charge in [-0.3, -0.25) is 4.79 Å². The summed E-state index contributed by atoms with van der Waals surface area (Å²) in [6.45, 7) is 1.32. The van der Waals surface area contributed by atoms with Crippen LogP contribution in [0.15, 0.2) is 47.5 Å². The van der Waals surface area contributed by atoms with Gasteiger partial charge in [-0.2, -0.15) is 9.49 Å². The average molecular weight is 442 g/mol. The van der Waals surface area contributed by atoms with Crippen LogP contribution in [-0.2, 0) is 13.1 Å². The van der Waals surface area contributed by atoms with Crippen LogP contribution in [0.25, 0.3) is 16.9 Å². The lowest BCUT2D eigenvalue weighted by Gasteiger charge is -2.28. The smallest absolute Gasteiger partial charge is 0.274 e. The Morgan fingerprint density at radius 2 is 2.07 bits per heavy atom. The number of carbonyl (C=O) groups is 1. The maximum absolute atomic E-state index is 14.0. The zero-order chi connectivity index (χ0) is 19.3. The molecule has 5 rings (SSSR count). The Morgan fingerprint density at radius 3 is 2.93 bits per heavy atom. The van der Waals surface area contributed by atoms with Crippen molar-refractivity contribution < 1.29 is 9.18 Å². The Bertz CT molecular complexity index is 1220. The van der Waals surface area contributed by atoms with Crippen molar-refractivity contribution in [3.05, 3.63) is 64.9 Å². The summed E-state index contributed by atoms with van der Waals surface area (Å²) in [5, 5.41) is 4.32. The molecule has 28 heavy (non-hydrogen) atoms. The molecule has 0 fully saturated rings. The van der Waals surface area contributed by atoms with Crippen molar-refractivity contribution in [3.63, 3.8) is 0 Å². The molecule has 0 atom stereocenters. The normalized spacial score (nSPS) is 13.7. The SMILES string of the molecule is O=C(c1cc2ncc(Br)cn2n1)N1CCn2c(-c3cccnc3F)cnc2C1. The summed E-state index contributed by atoms with van der Waals surface area (Å²) in [7, 11) is 0. The summed E-state index contributed by atoms with van der Waals surface area (Å²) in [5.41, 5.74) is 1.98. The number of hydrogen-bond donors (Lipinski definition) is 0. The van der Waals surface area contributed by atoms with Gasteiger partial charge in [-0.05, 0) is 28.1 Å². The molecule has 4 aromatic rings. The molecule has 0 bridgehead atoms. The number of rotatable bonds is 2. The van der Waals surface area contributed by atoms with Crippen LogP contribution in [0.4, 0.5) is 4.39 Å². The predicted molar refractivity (Wildman–Crippen MR) is 101 cm³/mol. The van der Waals surface area contributed by atoms with E-state index in [4.69, 9.17) is 0 Å². The predicted octanol–water partition coefficient (Wildman–Crippen LogP) is 2.55. The molecule has 0 aliphatic carbocycles. The highest BCUT2D eigenvalue weighted by Gasteiger charge is 2.27. The van der Waals surface area contributed by atoms with Crippen molar-refractivity contribution in [2.45, 2.75) is 13.1 Å². The summed E-state index contributed by atoms with van der Waals surface area (Å²) in [5.74, 6) is -0.0282. The molecule has 0 N–H and O–H groups in total. The van der Waals surface area contributed by atoms with Crippen molar-refractivity contribution in [1.29, 1.82) is 0 Å². The molecular formula is C18H13BrFN7O. The Kier molecular flexibility index (Phi) is 3.93. The molecule has 0 radical (unpaired) electrons. The molecule has 0 saturated carbocycles. The van der Waals surface area contributed by atoms with E-state index >= 15 is 0 Å². The van der Waals surface area contributed by atoms with Crippen LogP contribution >= 0.6 is 15.9 Å². The van der Waals surface area contributed by atoms with Crippen molar-refractivity contribution in [3.8, 4) is 11.3 Å². The fraction of sp³-hybridized carbons (Fsp3) is 0.167. The van der Waals surface area contributed by atoms with Gasteiger partial charge < -0.3 is 9.47 Å². The zero-order valence-electron chi connectivity index (χ0n) is 14.5. The van der Waals surface area contributed by atoms with Crippen LogP contribution in [0.2, 0.25) is 0 Å². The van der Waals surface area contributed by atoms with Crippen LogP contribution in [0.5, 0.6) is 0 Å². The first-order valence-electron chi connectivity index (χ1n) is 8.55. The monoisotopic (exact) mass is 441 g/mol. The summed E-state index contributed by atoms with van der Waals surface area (Å²) < 4.78 is 18.3. The maximum atomic E-state index is 14.0. The molecule has 1 amide bonds. The fourth-order valence-electron chi connectivity index (χ4n) is 3.35. The second-order valence-corrected chi connectivity index (χ2v) is 7.30. The van der Waals surface area contributed by atoms with E-state index in [1.807, 2.05) is 4.57 Å². The van der Waals surface area contributed by atoms with Gasteiger partial charge in [-0.15, -0.1) is 0 Å². The minimum atomic E-state index is -0.535. The van der Waals surface area contributed by atoms with Gasteiger partial charge in [0.15, 0.2) is 11.3 Å². The van der Waals surface area contributed by atoms with Gasteiger partial charge in [-0.25, -0.2) is 19.5 Å². The van der Waals surface area contributed by atoms with Crippen LogP contribution in [0.3, 0.4) is 0 Å². The third kappa shape index (κ3) is 2.76. The molecule has 1 aliphatic heterocycles. The van der Waals surface area contributed by atoms with Crippen LogP contribution in [-0.4, -0.2) is 46.5 Å². The molecule has 5 heterocycles. The lowest BCUT2D eigenvalue weighted by atomic mass is 10.2.